The number of nitrogens with one attached hydrogen (secondary N) is 1. The van der Waals surface area contributed by atoms with Crippen molar-refractivity contribution in [3.8, 4) is 0 Å². The molecule has 130 valence electrons. The Morgan fingerprint density at radius 3 is 3.12 bits per heavy atom. The number of hydrogen-bond acceptors (Lipinski definition) is 6. The fraction of sp³-hybridized carbons (Fsp3) is 0.353. The smallest absolute Gasteiger partial charge is 0.286 e. The molecule has 3 aromatic heterocycles. The highest BCUT2D eigenvalue weighted by Gasteiger charge is 2.23. The van der Waals surface area contributed by atoms with Crippen molar-refractivity contribution >= 4 is 17.2 Å². The van der Waals surface area contributed by atoms with Gasteiger partial charge in [-0.2, -0.15) is 5.10 Å². The van der Waals surface area contributed by atoms with Gasteiger partial charge in [0.1, 0.15) is 5.01 Å². The van der Waals surface area contributed by atoms with Gasteiger partial charge < -0.3 is 9.73 Å². The summed E-state index contributed by atoms with van der Waals surface area (Å²) in [4.78, 5) is 18.9. The average Bonchev–Trinajstić information content (AvgIpc) is 3.35. The first kappa shape index (κ1) is 16.0. The van der Waals surface area contributed by atoms with E-state index in [9.17, 15) is 4.79 Å². The number of fused-ring (bicyclic) bond motifs is 1. The Bertz CT molecular complexity index is 812. The molecule has 0 radical (unpaired) electrons. The first-order chi connectivity index (χ1) is 12.3. The number of hydrogen-bond donors (Lipinski definition) is 1. The third-order valence-electron chi connectivity index (χ3n) is 4.28. The summed E-state index contributed by atoms with van der Waals surface area (Å²) in [6, 6.07) is 5.44. The zero-order valence-electron chi connectivity index (χ0n) is 13.7. The fourth-order valence-corrected chi connectivity index (χ4v) is 3.78. The van der Waals surface area contributed by atoms with Gasteiger partial charge in [0.25, 0.3) is 5.91 Å². The number of thiazole rings is 1. The van der Waals surface area contributed by atoms with E-state index in [1.165, 1.54) is 12.0 Å². The normalized spacial score (nSPS) is 17.8. The van der Waals surface area contributed by atoms with Crippen LogP contribution in [0.5, 0.6) is 0 Å². The van der Waals surface area contributed by atoms with Crippen molar-refractivity contribution in [2.45, 2.75) is 19.6 Å². The van der Waals surface area contributed by atoms with Crippen molar-refractivity contribution in [3.05, 3.63) is 58.7 Å². The minimum absolute atomic E-state index is 0.179. The maximum absolute atomic E-state index is 12.1. The van der Waals surface area contributed by atoms with Crippen molar-refractivity contribution in [1.82, 2.24) is 25.0 Å². The van der Waals surface area contributed by atoms with Crippen molar-refractivity contribution in [3.63, 3.8) is 0 Å². The first-order valence-corrected chi connectivity index (χ1v) is 9.09. The largest absolute Gasteiger partial charge is 0.459 e. The lowest BCUT2D eigenvalue weighted by Crippen LogP contribution is -2.36. The van der Waals surface area contributed by atoms with Gasteiger partial charge in [-0.3, -0.25) is 14.4 Å². The van der Waals surface area contributed by atoms with E-state index in [0.717, 1.165) is 31.2 Å². The number of rotatable bonds is 5. The Morgan fingerprint density at radius 2 is 2.32 bits per heavy atom. The van der Waals surface area contributed by atoms with Crippen LogP contribution in [0.4, 0.5) is 0 Å². The predicted octanol–water partition coefficient (Wildman–Crippen LogP) is 1.99. The second-order valence-corrected chi connectivity index (χ2v) is 7.13. The molecule has 25 heavy (non-hydrogen) atoms. The first-order valence-electron chi connectivity index (χ1n) is 8.21. The molecule has 1 atom stereocenters. The molecule has 0 aromatic carbocycles. The Balaban J connectivity index is 1.44. The van der Waals surface area contributed by atoms with Crippen LogP contribution in [0.15, 0.2) is 46.7 Å². The van der Waals surface area contributed by atoms with Crippen LogP contribution >= 0.6 is 11.3 Å². The average molecular weight is 357 g/mol. The second-order valence-electron chi connectivity index (χ2n) is 6.15. The van der Waals surface area contributed by atoms with E-state index in [-0.39, 0.29) is 11.8 Å². The van der Waals surface area contributed by atoms with Crippen molar-refractivity contribution in [2.24, 2.45) is 5.92 Å². The van der Waals surface area contributed by atoms with Gasteiger partial charge in [0.05, 0.1) is 18.5 Å². The number of amides is 1. The van der Waals surface area contributed by atoms with Crippen LogP contribution in [0.2, 0.25) is 0 Å². The summed E-state index contributed by atoms with van der Waals surface area (Å²) in [5, 5.41) is 10.5. The highest BCUT2D eigenvalue weighted by atomic mass is 32.1. The minimum atomic E-state index is -0.179. The summed E-state index contributed by atoms with van der Waals surface area (Å²) in [7, 11) is 0. The molecule has 8 heteroatoms. The zero-order chi connectivity index (χ0) is 17.1. The van der Waals surface area contributed by atoms with E-state index in [1.807, 2.05) is 22.5 Å². The fourth-order valence-electron chi connectivity index (χ4n) is 3.12. The quantitative estimate of drug-likeness (QED) is 0.756. The van der Waals surface area contributed by atoms with Crippen LogP contribution < -0.4 is 5.32 Å². The van der Waals surface area contributed by atoms with Gasteiger partial charge >= 0.3 is 0 Å². The molecule has 1 N–H and O–H groups in total. The molecule has 0 bridgehead atoms. The van der Waals surface area contributed by atoms with E-state index in [4.69, 9.17) is 4.42 Å². The van der Waals surface area contributed by atoms with Crippen LogP contribution in [0, 0.1) is 5.92 Å². The summed E-state index contributed by atoms with van der Waals surface area (Å²) in [5.74, 6) is 0.425. The zero-order valence-corrected chi connectivity index (χ0v) is 14.5. The summed E-state index contributed by atoms with van der Waals surface area (Å²) < 4.78 is 7.18. The van der Waals surface area contributed by atoms with Crippen LogP contribution in [0.1, 0.15) is 21.3 Å². The van der Waals surface area contributed by atoms with Gasteiger partial charge in [-0.1, -0.05) is 0 Å². The number of furan rings is 1. The highest BCUT2D eigenvalue weighted by Crippen LogP contribution is 2.18. The Labute approximate surface area is 149 Å². The molecule has 0 spiro atoms. The Kier molecular flexibility index (Phi) is 4.62. The molecule has 4 heterocycles. The van der Waals surface area contributed by atoms with E-state index < -0.39 is 0 Å². The highest BCUT2D eigenvalue weighted by molar-refractivity contribution is 7.09. The van der Waals surface area contributed by atoms with Crippen molar-refractivity contribution in [2.75, 3.05) is 13.1 Å². The lowest BCUT2D eigenvalue weighted by molar-refractivity contribution is 0.0912. The van der Waals surface area contributed by atoms with Gasteiger partial charge in [0.2, 0.25) is 0 Å². The minimum Gasteiger partial charge on any atom is -0.459 e. The second kappa shape index (κ2) is 7.20. The van der Waals surface area contributed by atoms with E-state index in [1.54, 1.807) is 23.5 Å². The molecule has 1 amide bonds. The van der Waals surface area contributed by atoms with E-state index >= 15 is 0 Å². The molecule has 0 unspecified atom stereocenters. The molecule has 0 saturated heterocycles. The van der Waals surface area contributed by atoms with Crippen LogP contribution in [-0.4, -0.2) is 38.7 Å². The molecule has 4 rings (SSSR count). The monoisotopic (exact) mass is 357 g/mol. The maximum Gasteiger partial charge on any atom is 0.286 e. The third-order valence-corrected chi connectivity index (χ3v) is 5.04. The molecule has 3 aromatic rings. The molecule has 1 aliphatic rings. The maximum atomic E-state index is 12.1. The standard InChI is InChI=1S/C17H19N5O2S/c23-17(15-2-1-6-24-15)19-8-13-9-21(12-16-18-5-7-25-16)11-14-3-4-20-22(14)10-13/h1-7,13H,8-12H2,(H,19,23)/t13-/m1/s1. The lowest BCUT2D eigenvalue weighted by Gasteiger charge is -2.23. The van der Waals surface area contributed by atoms with Crippen LogP contribution in [0.25, 0.3) is 0 Å². The number of carbonyl (C=O) groups is 1. The molecule has 0 saturated carbocycles. The van der Waals surface area contributed by atoms with Gasteiger partial charge in [0.15, 0.2) is 5.76 Å². The summed E-state index contributed by atoms with van der Waals surface area (Å²) in [6.07, 6.45) is 5.18. The Morgan fingerprint density at radius 1 is 1.36 bits per heavy atom. The summed E-state index contributed by atoms with van der Waals surface area (Å²) in [5.41, 5.74) is 1.19. The SMILES string of the molecule is O=C(NC[C@@H]1CN(Cc2nccs2)Cc2ccnn2C1)c1ccco1. The van der Waals surface area contributed by atoms with Gasteiger partial charge in [-0.05, 0) is 18.2 Å². The Hall–Kier alpha value is -2.45. The topological polar surface area (TPSA) is 76.2 Å². The van der Waals surface area contributed by atoms with Crippen LogP contribution in [-0.2, 0) is 19.6 Å². The number of aromatic nitrogens is 3. The molecule has 7 nitrogen and oxygen atoms in total. The summed E-state index contributed by atoms with van der Waals surface area (Å²) >= 11 is 1.67. The van der Waals surface area contributed by atoms with Crippen molar-refractivity contribution < 1.29 is 9.21 Å². The predicted molar refractivity (Wildman–Crippen MR) is 93.0 cm³/mol. The third kappa shape index (κ3) is 3.80. The van der Waals surface area contributed by atoms with E-state index in [0.29, 0.717) is 12.3 Å². The summed E-state index contributed by atoms with van der Waals surface area (Å²) in [6.45, 7) is 3.89. The van der Waals surface area contributed by atoms with Gasteiger partial charge in [-0.15, -0.1) is 11.3 Å². The molecular formula is C17H19N5O2S. The number of nitrogens with zero attached hydrogens (tertiary/aromatic N) is 4. The van der Waals surface area contributed by atoms with Crippen LogP contribution in [0.3, 0.4) is 0 Å². The molecule has 0 aliphatic carbocycles. The van der Waals surface area contributed by atoms with Crippen molar-refractivity contribution in [1.29, 1.82) is 0 Å². The molecule has 0 fully saturated rings. The van der Waals surface area contributed by atoms with E-state index in [2.05, 4.69) is 26.4 Å². The van der Waals surface area contributed by atoms with Gasteiger partial charge in [0, 0.05) is 49.9 Å². The number of carbonyl (C=O) groups excluding carboxylic acids is 1. The molecular weight excluding hydrogens is 338 g/mol. The molecule has 1 aliphatic heterocycles. The lowest BCUT2D eigenvalue weighted by atomic mass is 10.1. The van der Waals surface area contributed by atoms with Gasteiger partial charge in [-0.25, -0.2) is 4.98 Å².